The molecule has 0 aliphatic carbocycles. The molecule has 0 atom stereocenters. The van der Waals surface area contributed by atoms with E-state index in [-0.39, 0.29) is 12.5 Å². The van der Waals surface area contributed by atoms with Gasteiger partial charge in [-0.25, -0.2) is 0 Å². The monoisotopic (exact) mass is 338 g/mol. The first-order chi connectivity index (χ1) is 12.1. The smallest absolute Gasteiger partial charge is 0.256 e. The highest BCUT2D eigenvalue weighted by Gasteiger charge is 2.25. The average Bonchev–Trinajstić information content (AvgIpc) is 2.91. The fraction of sp³-hybridized carbons (Fsp3) is 0.250. The van der Waals surface area contributed by atoms with E-state index in [0.717, 1.165) is 28.3 Å². The van der Waals surface area contributed by atoms with E-state index in [0.29, 0.717) is 18.7 Å². The molecule has 0 fully saturated rings. The molecule has 5 heteroatoms. The number of ether oxygens (including phenoxy) is 1. The number of hydrogen-bond acceptors (Lipinski definition) is 4. The first-order valence-electron chi connectivity index (χ1n) is 8.35. The maximum absolute atomic E-state index is 12.4. The maximum atomic E-state index is 12.4. The van der Waals surface area contributed by atoms with Gasteiger partial charge in [0, 0.05) is 36.5 Å². The van der Waals surface area contributed by atoms with E-state index in [4.69, 9.17) is 4.74 Å². The normalized spacial score (nSPS) is 14.4. The molecule has 2 aromatic carbocycles. The van der Waals surface area contributed by atoms with Gasteiger partial charge in [-0.3, -0.25) is 4.79 Å². The maximum Gasteiger partial charge on any atom is 0.256 e. The van der Waals surface area contributed by atoms with Gasteiger partial charge in [-0.15, -0.1) is 0 Å². The van der Waals surface area contributed by atoms with Crippen LogP contribution in [0, 0.1) is 0 Å². The Labute approximate surface area is 147 Å². The number of likely N-dealkylation sites (N-methyl/N-ethyl adjacent to an activating group) is 1. The molecule has 0 aromatic heterocycles. The van der Waals surface area contributed by atoms with E-state index >= 15 is 0 Å². The Bertz CT molecular complexity index is 814. The van der Waals surface area contributed by atoms with Crippen LogP contribution >= 0.6 is 0 Å². The van der Waals surface area contributed by atoms with Crippen LogP contribution in [0.25, 0.3) is 11.6 Å². The zero-order valence-electron chi connectivity index (χ0n) is 14.5. The van der Waals surface area contributed by atoms with Gasteiger partial charge in [0.25, 0.3) is 5.91 Å². The first kappa shape index (κ1) is 17.0. The van der Waals surface area contributed by atoms with Crippen molar-refractivity contribution < 1.29 is 14.6 Å². The summed E-state index contributed by atoms with van der Waals surface area (Å²) in [6.45, 7) is 3.11. The van der Waals surface area contributed by atoms with Crippen molar-refractivity contribution in [2.45, 2.75) is 6.92 Å². The molecule has 3 rings (SSSR count). The van der Waals surface area contributed by atoms with Crippen LogP contribution in [0.3, 0.4) is 0 Å². The second kappa shape index (κ2) is 7.40. The number of rotatable bonds is 6. The highest BCUT2D eigenvalue weighted by atomic mass is 16.5. The van der Waals surface area contributed by atoms with E-state index in [1.54, 1.807) is 0 Å². The Morgan fingerprint density at radius 2 is 2.04 bits per heavy atom. The Morgan fingerprint density at radius 1 is 1.24 bits per heavy atom. The third-order valence-electron chi connectivity index (χ3n) is 4.17. The van der Waals surface area contributed by atoms with Gasteiger partial charge >= 0.3 is 0 Å². The molecule has 1 aliphatic heterocycles. The number of nitrogens with zero attached hydrogens (tertiary/aromatic N) is 1. The minimum Gasteiger partial charge on any atom is -0.494 e. The number of amides is 1. The lowest BCUT2D eigenvalue weighted by Gasteiger charge is -2.20. The third kappa shape index (κ3) is 3.51. The summed E-state index contributed by atoms with van der Waals surface area (Å²) < 4.78 is 5.50. The van der Waals surface area contributed by atoms with Crippen LogP contribution in [0.4, 0.5) is 11.4 Å². The number of carbonyl (C=O) groups excluding carboxylic acids is 1. The lowest BCUT2D eigenvalue weighted by atomic mass is 10.0. The number of nitrogens with one attached hydrogen (secondary N) is 1. The molecule has 0 unspecified atom stereocenters. The van der Waals surface area contributed by atoms with E-state index in [1.165, 1.54) is 0 Å². The summed E-state index contributed by atoms with van der Waals surface area (Å²) in [5, 5.41) is 12.1. The van der Waals surface area contributed by atoms with Gasteiger partial charge in [0.2, 0.25) is 0 Å². The summed E-state index contributed by atoms with van der Waals surface area (Å²) in [6.07, 6.45) is 1.89. The molecule has 25 heavy (non-hydrogen) atoms. The minimum atomic E-state index is -0.122. The standard InChI is InChI=1S/C20H22N2O3/c1-3-25-15-8-9-16-17(20(24)21-18(16)13-15)12-14-6-4-5-7-19(14)22(2)10-11-23/h4-9,12-13,23H,3,10-11H2,1-2H3,(H,21,24)/b17-12+. The highest BCUT2D eigenvalue weighted by Crippen LogP contribution is 2.36. The minimum absolute atomic E-state index is 0.0743. The molecule has 1 aliphatic rings. The molecule has 2 N–H and O–H groups in total. The van der Waals surface area contributed by atoms with E-state index < -0.39 is 0 Å². The number of benzene rings is 2. The largest absolute Gasteiger partial charge is 0.494 e. The lowest BCUT2D eigenvalue weighted by Crippen LogP contribution is -2.21. The topological polar surface area (TPSA) is 61.8 Å². The van der Waals surface area contributed by atoms with Gasteiger partial charge in [-0.1, -0.05) is 18.2 Å². The summed E-state index contributed by atoms with van der Waals surface area (Å²) in [5.74, 6) is 0.620. The highest BCUT2D eigenvalue weighted by molar-refractivity contribution is 6.35. The third-order valence-corrected chi connectivity index (χ3v) is 4.17. The molecule has 0 spiro atoms. The molecule has 0 saturated heterocycles. The molecule has 5 nitrogen and oxygen atoms in total. The van der Waals surface area contributed by atoms with E-state index in [9.17, 15) is 9.90 Å². The second-order valence-corrected chi connectivity index (χ2v) is 5.86. The fourth-order valence-electron chi connectivity index (χ4n) is 2.96. The summed E-state index contributed by atoms with van der Waals surface area (Å²) in [5.41, 5.74) is 4.17. The fourth-order valence-corrected chi connectivity index (χ4v) is 2.96. The zero-order chi connectivity index (χ0) is 17.8. The Balaban J connectivity index is 2.00. The quantitative estimate of drug-likeness (QED) is 0.795. The summed E-state index contributed by atoms with van der Waals surface area (Å²) in [7, 11) is 1.92. The van der Waals surface area contributed by atoms with Crippen LogP contribution in [0.2, 0.25) is 0 Å². The van der Waals surface area contributed by atoms with Crippen LogP contribution in [0.5, 0.6) is 5.75 Å². The number of hydrogen-bond donors (Lipinski definition) is 2. The zero-order valence-corrected chi connectivity index (χ0v) is 14.5. The Hall–Kier alpha value is -2.79. The molecule has 1 amide bonds. The van der Waals surface area contributed by atoms with Crippen LogP contribution in [0.15, 0.2) is 42.5 Å². The van der Waals surface area contributed by atoms with Crippen LogP contribution in [-0.4, -0.2) is 37.8 Å². The Morgan fingerprint density at radius 3 is 2.80 bits per heavy atom. The van der Waals surface area contributed by atoms with E-state index in [2.05, 4.69) is 5.32 Å². The number of fused-ring (bicyclic) bond motifs is 1. The summed E-state index contributed by atoms with van der Waals surface area (Å²) in [6, 6.07) is 13.5. The predicted octanol–water partition coefficient (Wildman–Crippen LogP) is 3.01. The number of anilines is 2. The number of aliphatic hydroxyl groups excluding tert-OH is 1. The molecule has 130 valence electrons. The van der Waals surface area contributed by atoms with Crippen molar-refractivity contribution in [3.05, 3.63) is 53.6 Å². The van der Waals surface area contributed by atoms with Crippen LogP contribution in [0.1, 0.15) is 18.1 Å². The number of para-hydroxylation sites is 1. The van der Waals surface area contributed by atoms with Gasteiger partial charge in [0.15, 0.2) is 0 Å². The lowest BCUT2D eigenvalue weighted by molar-refractivity contribution is -0.110. The van der Waals surface area contributed by atoms with E-state index in [1.807, 2.05) is 67.4 Å². The second-order valence-electron chi connectivity index (χ2n) is 5.86. The molecular formula is C20H22N2O3. The van der Waals surface area contributed by atoms with Crippen LogP contribution in [-0.2, 0) is 4.79 Å². The van der Waals surface area contributed by atoms with Gasteiger partial charge in [0.05, 0.1) is 18.9 Å². The average molecular weight is 338 g/mol. The molecule has 2 aromatic rings. The van der Waals surface area contributed by atoms with Crippen molar-refractivity contribution in [3.63, 3.8) is 0 Å². The molecule has 0 saturated carbocycles. The molecular weight excluding hydrogens is 316 g/mol. The molecule has 0 bridgehead atoms. The molecule has 0 radical (unpaired) electrons. The summed E-state index contributed by atoms with van der Waals surface area (Å²) >= 11 is 0. The molecule has 1 heterocycles. The van der Waals surface area contributed by atoms with Gasteiger partial charge in [0.1, 0.15) is 5.75 Å². The Kier molecular flexibility index (Phi) is 5.05. The van der Waals surface area contributed by atoms with Crippen molar-refractivity contribution >= 4 is 28.9 Å². The predicted molar refractivity (Wildman–Crippen MR) is 101 cm³/mol. The van der Waals surface area contributed by atoms with Crippen molar-refractivity contribution in [3.8, 4) is 5.75 Å². The van der Waals surface area contributed by atoms with Crippen molar-refractivity contribution in [1.82, 2.24) is 0 Å². The van der Waals surface area contributed by atoms with Gasteiger partial charge in [-0.05, 0) is 36.8 Å². The van der Waals surface area contributed by atoms with Crippen molar-refractivity contribution in [2.75, 3.05) is 37.0 Å². The SMILES string of the molecule is CCOc1ccc2c(c1)NC(=O)/C2=C/c1ccccc1N(C)CCO. The van der Waals surface area contributed by atoms with Crippen molar-refractivity contribution in [2.24, 2.45) is 0 Å². The van der Waals surface area contributed by atoms with Crippen molar-refractivity contribution in [1.29, 1.82) is 0 Å². The summed E-state index contributed by atoms with van der Waals surface area (Å²) in [4.78, 5) is 14.4. The number of carbonyl (C=O) groups is 1. The first-order valence-corrected chi connectivity index (χ1v) is 8.35. The van der Waals surface area contributed by atoms with Gasteiger partial charge < -0.3 is 20.1 Å². The number of aliphatic hydroxyl groups is 1. The van der Waals surface area contributed by atoms with Crippen LogP contribution < -0.4 is 15.0 Å². The van der Waals surface area contributed by atoms with Gasteiger partial charge in [-0.2, -0.15) is 0 Å².